The highest BCUT2D eigenvalue weighted by Crippen LogP contribution is 2.05. The van der Waals surface area contributed by atoms with Crippen molar-refractivity contribution in [3.8, 4) is 0 Å². The second kappa shape index (κ2) is 8.05. The SMILES string of the molecule is CCNC(C)(CO)CN(CC)CCOC. The maximum Gasteiger partial charge on any atom is 0.0623 e. The summed E-state index contributed by atoms with van der Waals surface area (Å²) in [5, 5.41) is 12.7. The van der Waals surface area contributed by atoms with Crippen LogP contribution in [0.25, 0.3) is 0 Å². The van der Waals surface area contributed by atoms with E-state index in [0.29, 0.717) is 0 Å². The Morgan fingerprint density at radius 2 is 2.07 bits per heavy atom. The molecule has 92 valence electrons. The zero-order valence-corrected chi connectivity index (χ0v) is 10.5. The summed E-state index contributed by atoms with van der Waals surface area (Å²) in [5.74, 6) is 0. The first-order chi connectivity index (χ1) is 7.11. The summed E-state index contributed by atoms with van der Waals surface area (Å²) in [6, 6.07) is 0. The molecule has 0 heterocycles. The van der Waals surface area contributed by atoms with Gasteiger partial charge in [-0.2, -0.15) is 0 Å². The van der Waals surface area contributed by atoms with Crippen molar-refractivity contribution >= 4 is 0 Å². The highest BCUT2D eigenvalue weighted by atomic mass is 16.5. The van der Waals surface area contributed by atoms with Crippen LogP contribution in [0.2, 0.25) is 0 Å². The van der Waals surface area contributed by atoms with Crippen LogP contribution in [0.1, 0.15) is 20.8 Å². The van der Waals surface area contributed by atoms with Gasteiger partial charge in [-0.3, -0.25) is 4.90 Å². The van der Waals surface area contributed by atoms with E-state index in [1.807, 2.05) is 6.92 Å². The van der Waals surface area contributed by atoms with E-state index in [1.165, 1.54) is 0 Å². The number of rotatable bonds is 9. The van der Waals surface area contributed by atoms with Crippen LogP contribution in [0.5, 0.6) is 0 Å². The fourth-order valence-corrected chi connectivity index (χ4v) is 1.65. The molecule has 0 aliphatic rings. The van der Waals surface area contributed by atoms with Gasteiger partial charge in [-0.05, 0) is 20.0 Å². The van der Waals surface area contributed by atoms with Crippen LogP contribution in [-0.2, 0) is 4.74 Å². The van der Waals surface area contributed by atoms with Gasteiger partial charge in [-0.15, -0.1) is 0 Å². The predicted molar refractivity (Wildman–Crippen MR) is 63.2 cm³/mol. The number of hydrogen-bond donors (Lipinski definition) is 2. The second-order valence-electron chi connectivity index (χ2n) is 4.11. The molecule has 2 N–H and O–H groups in total. The average molecular weight is 218 g/mol. The molecule has 0 aliphatic heterocycles. The Balaban J connectivity index is 4.09. The molecule has 4 nitrogen and oxygen atoms in total. The van der Waals surface area contributed by atoms with Crippen LogP contribution < -0.4 is 5.32 Å². The van der Waals surface area contributed by atoms with Crippen LogP contribution in [0.15, 0.2) is 0 Å². The van der Waals surface area contributed by atoms with Gasteiger partial charge in [-0.25, -0.2) is 0 Å². The summed E-state index contributed by atoms with van der Waals surface area (Å²) in [4.78, 5) is 2.28. The lowest BCUT2D eigenvalue weighted by Crippen LogP contribution is -2.54. The molecule has 0 spiro atoms. The van der Waals surface area contributed by atoms with Gasteiger partial charge in [0.15, 0.2) is 0 Å². The summed E-state index contributed by atoms with van der Waals surface area (Å²) in [6.45, 7) is 10.7. The van der Waals surface area contributed by atoms with Crippen molar-refractivity contribution in [2.45, 2.75) is 26.3 Å². The van der Waals surface area contributed by atoms with Gasteiger partial charge in [0.2, 0.25) is 0 Å². The van der Waals surface area contributed by atoms with Gasteiger partial charge in [0.1, 0.15) is 0 Å². The van der Waals surface area contributed by atoms with Crippen molar-refractivity contribution in [1.29, 1.82) is 0 Å². The lowest BCUT2D eigenvalue weighted by Gasteiger charge is -2.34. The topological polar surface area (TPSA) is 44.7 Å². The van der Waals surface area contributed by atoms with Crippen LogP contribution in [0, 0.1) is 0 Å². The molecule has 0 aromatic heterocycles. The number of aliphatic hydroxyl groups excluding tert-OH is 1. The molecule has 0 fully saturated rings. The molecular formula is C11H26N2O2. The lowest BCUT2D eigenvalue weighted by atomic mass is 10.0. The molecule has 0 amide bonds. The van der Waals surface area contributed by atoms with Crippen LogP contribution >= 0.6 is 0 Å². The number of ether oxygens (including phenoxy) is 1. The first kappa shape index (κ1) is 14.8. The highest BCUT2D eigenvalue weighted by Gasteiger charge is 2.24. The molecule has 0 radical (unpaired) electrons. The van der Waals surface area contributed by atoms with E-state index in [1.54, 1.807) is 7.11 Å². The smallest absolute Gasteiger partial charge is 0.0623 e. The van der Waals surface area contributed by atoms with Crippen molar-refractivity contribution in [1.82, 2.24) is 10.2 Å². The lowest BCUT2D eigenvalue weighted by molar-refractivity contribution is 0.0989. The first-order valence-electron chi connectivity index (χ1n) is 5.69. The van der Waals surface area contributed by atoms with Gasteiger partial charge in [-0.1, -0.05) is 13.8 Å². The molecule has 1 unspecified atom stereocenters. The fourth-order valence-electron chi connectivity index (χ4n) is 1.65. The largest absolute Gasteiger partial charge is 0.394 e. The first-order valence-corrected chi connectivity index (χ1v) is 5.69. The third kappa shape index (κ3) is 6.10. The summed E-state index contributed by atoms with van der Waals surface area (Å²) in [5.41, 5.74) is -0.210. The average Bonchev–Trinajstić information content (AvgIpc) is 2.24. The third-order valence-electron chi connectivity index (χ3n) is 2.58. The Labute approximate surface area is 93.6 Å². The van der Waals surface area contributed by atoms with Crippen molar-refractivity contribution < 1.29 is 9.84 Å². The van der Waals surface area contributed by atoms with Gasteiger partial charge >= 0.3 is 0 Å². The highest BCUT2D eigenvalue weighted by molar-refractivity contribution is 4.85. The summed E-state index contributed by atoms with van der Waals surface area (Å²) < 4.78 is 5.06. The minimum atomic E-state index is -0.210. The maximum atomic E-state index is 9.37. The molecule has 0 rings (SSSR count). The number of aliphatic hydroxyl groups is 1. The van der Waals surface area contributed by atoms with Crippen molar-refractivity contribution in [2.75, 3.05) is 46.5 Å². The van der Waals surface area contributed by atoms with Gasteiger partial charge in [0.25, 0.3) is 0 Å². The minimum Gasteiger partial charge on any atom is -0.394 e. The zero-order chi connectivity index (χ0) is 11.7. The molecule has 0 aliphatic carbocycles. The van der Waals surface area contributed by atoms with E-state index < -0.39 is 0 Å². The number of nitrogens with zero attached hydrogens (tertiary/aromatic N) is 1. The summed E-state index contributed by atoms with van der Waals surface area (Å²) in [7, 11) is 1.71. The molecule has 0 bridgehead atoms. The standard InChI is InChI=1S/C11H26N2O2/c1-5-12-11(3,10-14)9-13(6-2)7-8-15-4/h12,14H,5-10H2,1-4H3. The Bertz CT molecular complexity index is 156. The van der Waals surface area contributed by atoms with Gasteiger partial charge < -0.3 is 15.2 Å². The quantitative estimate of drug-likeness (QED) is 0.585. The third-order valence-corrected chi connectivity index (χ3v) is 2.58. The molecule has 1 atom stereocenters. The number of methoxy groups -OCH3 is 1. The second-order valence-corrected chi connectivity index (χ2v) is 4.11. The normalized spacial score (nSPS) is 15.6. The Kier molecular flexibility index (Phi) is 7.96. The van der Waals surface area contributed by atoms with Crippen molar-refractivity contribution in [3.63, 3.8) is 0 Å². The van der Waals surface area contributed by atoms with Gasteiger partial charge in [0.05, 0.1) is 18.8 Å². The summed E-state index contributed by atoms with van der Waals surface area (Å²) >= 11 is 0. The Hall–Kier alpha value is -0.160. The van der Waals surface area contributed by atoms with Crippen molar-refractivity contribution in [3.05, 3.63) is 0 Å². The van der Waals surface area contributed by atoms with E-state index in [9.17, 15) is 5.11 Å². The van der Waals surface area contributed by atoms with E-state index in [-0.39, 0.29) is 12.1 Å². The molecule has 0 aromatic carbocycles. The van der Waals surface area contributed by atoms with E-state index in [4.69, 9.17) is 4.74 Å². The molecule has 0 saturated carbocycles. The molecule has 0 saturated heterocycles. The number of hydrogen-bond acceptors (Lipinski definition) is 4. The molecule has 0 aromatic rings. The van der Waals surface area contributed by atoms with E-state index in [0.717, 1.165) is 32.8 Å². The van der Waals surface area contributed by atoms with Crippen molar-refractivity contribution in [2.24, 2.45) is 0 Å². The number of nitrogens with one attached hydrogen (secondary N) is 1. The van der Waals surface area contributed by atoms with Gasteiger partial charge in [0, 0.05) is 20.2 Å². The van der Waals surface area contributed by atoms with Crippen LogP contribution in [0.4, 0.5) is 0 Å². The summed E-state index contributed by atoms with van der Waals surface area (Å²) in [6.07, 6.45) is 0. The predicted octanol–water partition coefficient (Wildman–Crippen LogP) is 0.315. The fraction of sp³-hybridized carbons (Fsp3) is 1.00. The minimum absolute atomic E-state index is 0.157. The van der Waals surface area contributed by atoms with Crippen LogP contribution in [-0.4, -0.2) is 62.0 Å². The Morgan fingerprint density at radius 3 is 2.47 bits per heavy atom. The van der Waals surface area contributed by atoms with Crippen LogP contribution in [0.3, 0.4) is 0 Å². The molecule has 15 heavy (non-hydrogen) atoms. The van der Waals surface area contributed by atoms with E-state index >= 15 is 0 Å². The Morgan fingerprint density at radius 1 is 1.40 bits per heavy atom. The zero-order valence-electron chi connectivity index (χ0n) is 10.5. The maximum absolute atomic E-state index is 9.37. The molecular weight excluding hydrogens is 192 g/mol. The number of likely N-dealkylation sites (N-methyl/N-ethyl adjacent to an activating group) is 2. The van der Waals surface area contributed by atoms with E-state index in [2.05, 4.69) is 24.1 Å². The monoisotopic (exact) mass is 218 g/mol. The molecule has 4 heteroatoms.